The van der Waals surface area contributed by atoms with E-state index in [0.29, 0.717) is 18.4 Å². The Morgan fingerprint density at radius 3 is 2.07 bits per heavy atom. The van der Waals surface area contributed by atoms with Gasteiger partial charge in [-0.2, -0.15) is 16.8 Å². The zero-order chi connectivity index (χ0) is 21.3. The molecule has 152 valence electrons. The summed E-state index contributed by atoms with van der Waals surface area (Å²) >= 11 is 0. The number of rotatable bonds is 2. The molecule has 2 aliphatic carbocycles. The maximum atomic E-state index is 12.0. The van der Waals surface area contributed by atoms with Crippen molar-refractivity contribution in [1.82, 2.24) is 4.98 Å². The molecule has 0 fully saturated rings. The van der Waals surface area contributed by atoms with Crippen molar-refractivity contribution in [2.45, 2.75) is 22.8 Å². The second-order valence-corrected chi connectivity index (χ2v) is 10.1. The topological polar surface area (TPSA) is 122 Å². The summed E-state index contributed by atoms with van der Waals surface area (Å²) in [6.45, 7) is 0. The van der Waals surface area contributed by atoms with Crippen LogP contribution in [0.25, 0.3) is 12.2 Å². The molecule has 30 heavy (non-hydrogen) atoms. The predicted octanol–water partition coefficient (Wildman–Crippen LogP) is 1.04. The van der Waals surface area contributed by atoms with Gasteiger partial charge in [0.1, 0.15) is 4.90 Å². The quantitative estimate of drug-likeness (QED) is 0.393. The van der Waals surface area contributed by atoms with Crippen molar-refractivity contribution >= 4 is 32.4 Å². The largest absolute Gasteiger partial charge is 0.313 e. The van der Waals surface area contributed by atoms with Crippen molar-refractivity contribution in [3.8, 4) is 0 Å². The van der Waals surface area contributed by atoms with Crippen molar-refractivity contribution in [2.24, 2.45) is 0 Å². The maximum Gasteiger partial charge on any atom is 0.313 e. The Morgan fingerprint density at radius 2 is 1.40 bits per heavy atom. The highest BCUT2D eigenvalue weighted by atomic mass is 32.2. The molecule has 0 bridgehead atoms. The molecule has 5 rings (SSSR count). The van der Waals surface area contributed by atoms with Crippen LogP contribution in [0.1, 0.15) is 33.4 Å². The summed E-state index contributed by atoms with van der Waals surface area (Å²) in [5.74, 6) is 0. The lowest BCUT2D eigenvalue weighted by Crippen LogP contribution is -2.26. The van der Waals surface area contributed by atoms with Crippen LogP contribution in [0.5, 0.6) is 0 Å². The minimum absolute atomic E-state index is 0.0211. The summed E-state index contributed by atoms with van der Waals surface area (Å²) in [5.41, 5.74) is 4.78. The zero-order valence-corrected chi connectivity index (χ0v) is 17.0. The summed E-state index contributed by atoms with van der Waals surface area (Å²) < 4.78 is 66.3. The highest BCUT2D eigenvalue weighted by Gasteiger charge is 2.31. The van der Waals surface area contributed by atoms with E-state index in [1.54, 1.807) is 0 Å². The zero-order valence-electron chi connectivity index (χ0n) is 15.4. The molecule has 0 radical (unpaired) electrons. The first-order chi connectivity index (χ1) is 14.1. The molecular weight excluding hydrogens is 426 g/mol. The van der Waals surface area contributed by atoms with E-state index >= 15 is 0 Å². The van der Waals surface area contributed by atoms with Crippen LogP contribution in [0.3, 0.4) is 0 Å². The maximum absolute atomic E-state index is 12.0. The van der Waals surface area contributed by atoms with Gasteiger partial charge < -0.3 is 0 Å². The fourth-order valence-corrected chi connectivity index (χ4v) is 6.03. The summed E-state index contributed by atoms with van der Waals surface area (Å²) in [5, 5.41) is 0.719. The van der Waals surface area contributed by atoms with Crippen LogP contribution in [-0.2, 0) is 33.1 Å². The standard InChI is InChI=1S/C21H15NO6S2/c23-29(24,25)20-19-10-17-8-15-6-13-4-2-1-3-12(13)5-14(15)7-16(17)9-18(19)11-22-21(20)30(26,27)28/h1-5,7-8,10-11H,6,9H2,(H,23,24,25)(H,26,27,28). The van der Waals surface area contributed by atoms with Crippen molar-refractivity contribution in [1.29, 1.82) is 0 Å². The van der Waals surface area contributed by atoms with E-state index in [1.807, 2.05) is 30.3 Å². The molecule has 3 aromatic rings. The molecule has 9 heteroatoms. The minimum atomic E-state index is -4.96. The average molecular weight is 441 g/mol. The van der Waals surface area contributed by atoms with Crippen LogP contribution in [0.15, 0.2) is 52.5 Å². The fourth-order valence-electron chi connectivity index (χ4n) is 4.13. The van der Waals surface area contributed by atoms with E-state index in [9.17, 15) is 25.9 Å². The highest BCUT2D eigenvalue weighted by molar-refractivity contribution is 7.89. The van der Waals surface area contributed by atoms with Gasteiger partial charge in [0.25, 0.3) is 10.1 Å². The molecule has 0 saturated carbocycles. The molecule has 0 amide bonds. The molecule has 0 unspecified atom stereocenters. The first-order valence-corrected chi connectivity index (χ1v) is 11.9. The third-order valence-corrected chi connectivity index (χ3v) is 7.31. The molecule has 7 nitrogen and oxygen atoms in total. The van der Waals surface area contributed by atoms with Crippen LogP contribution in [-0.4, -0.2) is 30.9 Å². The Balaban J connectivity index is 1.80. The molecule has 2 aromatic carbocycles. The summed E-state index contributed by atoms with van der Waals surface area (Å²) in [6.07, 6.45) is 5.87. The van der Waals surface area contributed by atoms with Gasteiger partial charge >= 0.3 is 10.1 Å². The monoisotopic (exact) mass is 441 g/mol. The summed E-state index contributed by atoms with van der Waals surface area (Å²) in [7, 11) is -9.91. The first-order valence-electron chi connectivity index (χ1n) is 9.01. The Kier molecular flexibility index (Phi) is 4.03. The number of fused-ring (bicyclic) bond motifs is 4. The van der Waals surface area contributed by atoms with E-state index in [-0.39, 0.29) is 5.56 Å². The van der Waals surface area contributed by atoms with Gasteiger partial charge in [0.2, 0.25) is 5.03 Å². The molecule has 0 atom stereocenters. The smallest absolute Gasteiger partial charge is 0.282 e. The van der Waals surface area contributed by atoms with Crippen LogP contribution in [0.4, 0.5) is 0 Å². The van der Waals surface area contributed by atoms with Crippen LogP contribution in [0.2, 0.25) is 0 Å². The molecule has 2 aliphatic rings. The minimum Gasteiger partial charge on any atom is -0.282 e. The van der Waals surface area contributed by atoms with Gasteiger partial charge in [0.15, 0.2) is 0 Å². The van der Waals surface area contributed by atoms with Gasteiger partial charge in [-0.15, -0.1) is 0 Å². The molecular formula is C21H15NO6S2. The SMILES string of the molecule is O=S(=O)(O)c1ncc2c(c1S(=O)(=O)O)C=c1cc3c(cc1C2)=Cc1ccccc1C3. The third-order valence-electron chi connectivity index (χ3n) is 5.45. The second-order valence-electron chi connectivity index (χ2n) is 7.37. The van der Waals surface area contributed by atoms with E-state index in [4.69, 9.17) is 0 Å². The number of benzene rings is 2. The van der Waals surface area contributed by atoms with E-state index in [2.05, 4.69) is 17.1 Å². The van der Waals surface area contributed by atoms with Gasteiger partial charge in [0, 0.05) is 18.2 Å². The van der Waals surface area contributed by atoms with Crippen molar-refractivity contribution in [2.75, 3.05) is 0 Å². The van der Waals surface area contributed by atoms with Crippen molar-refractivity contribution < 1.29 is 25.9 Å². The second kappa shape index (κ2) is 6.32. The molecule has 1 heterocycles. The average Bonchev–Trinajstić information content (AvgIpc) is 2.66. The summed E-state index contributed by atoms with van der Waals surface area (Å²) in [6, 6.07) is 12.0. The van der Waals surface area contributed by atoms with Gasteiger partial charge in [-0.3, -0.25) is 9.11 Å². The molecule has 2 N–H and O–H groups in total. The van der Waals surface area contributed by atoms with Crippen molar-refractivity contribution in [3.05, 3.63) is 86.4 Å². The van der Waals surface area contributed by atoms with E-state index in [0.717, 1.165) is 27.1 Å². The Bertz CT molecular complexity index is 1590. The van der Waals surface area contributed by atoms with Crippen LogP contribution in [0, 0.1) is 0 Å². The Hall–Kier alpha value is -2.85. The Labute approximate surface area is 172 Å². The highest BCUT2D eigenvalue weighted by Crippen LogP contribution is 2.29. The number of hydrogen-bond donors (Lipinski definition) is 2. The molecule has 0 saturated heterocycles. The Morgan fingerprint density at radius 1 is 0.767 bits per heavy atom. The number of aromatic nitrogens is 1. The van der Waals surface area contributed by atoms with Gasteiger partial charge in [-0.25, -0.2) is 4.98 Å². The first kappa shape index (κ1) is 19.1. The molecule has 0 aliphatic heterocycles. The van der Waals surface area contributed by atoms with Gasteiger partial charge in [-0.1, -0.05) is 36.4 Å². The normalized spacial score (nSPS) is 14.5. The lowest BCUT2D eigenvalue weighted by molar-refractivity contribution is 0.461. The molecule has 1 aromatic heterocycles. The van der Waals surface area contributed by atoms with Crippen molar-refractivity contribution in [3.63, 3.8) is 0 Å². The molecule has 0 spiro atoms. The number of pyridine rings is 1. The number of nitrogens with zero attached hydrogens (tertiary/aromatic N) is 1. The van der Waals surface area contributed by atoms with Gasteiger partial charge in [-0.05, 0) is 56.8 Å². The van der Waals surface area contributed by atoms with E-state index < -0.39 is 30.2 Å². The summed E-state index contributed by atoms with van der Waals surface area (Å²) in [4.78, 5) is 2.71. The van der Waals surface area contributed by atoms with Crippen LogP contribution >= 0.6 is 0 Å². The fraction of sp³-hybridized carbons (Fsp3) is 0.0952. The lowest BCUT2D eigenvalue weighted by Gasteiger charge is -2.19. The van der Waals surface area contributed by atoms with E-state index in [1.165, 1.54) is 17.8 Å². The van der Waals surface area contributed by atoms with Crippen LogP contribution < -0.4 is 10.4 Å². The number of hydrogen-bond acceptors (Lipinski definition) is 5. The predicted molar refractivity (Wildman–Crippen MR) is 109 cm³/mol. The lowest BCUT2D eigenvalue weighted by atomic mass is 9.87. The third kappa shape index (κ3) is 3.07. The van der Waals surface area contributed by atoms with Gasteiger partial charge in [0.05, 0.1) is 0 Å².